The number of hydrogen-bond donors (Lipinski definition) is 1. The fourth-order valence-corrected chi connectivity index (χ4v) is 3.02. The third-order valence-electron chi connectivity index (χ3n) is 4.21. The van der Waals surface area contributed by atoms with Crippen molar-refractivity contribution < 1.29 is 4.74 Å². The van der Waals surface area contributed by atoms with Crippen molar-refractivity contribution in [3.05, 3.63) is 34.3 Å². The number of halogens is 1. The Kier molecular flexibility index (Phi) is 3.73. The first-order chi connectivity index (χ1) is 8.78. The van der Waals surface area contributed by atoms with Crippen molar-refractivity contribution in [1.29, 1.82) is 0 Å². The second kappa shape index (κ2) is 5.32. The summed E-state index contributed by atoms with van der Waals surface area (Å²) in [6.07, 6.45) is 4.97. The molecule has 98 valence electrons. The Hall–Kier alpha value is -0.380. The van der Waals surface area contributed by atoms with Crippen LogP contribution in [0.25, 0.3) is 0 Å². The zero-order chi connectivity index (χ0) is 12.4. The zero-order valence-corrected chi connectivity index (χ0v) is 12.2. The van der Waals surface area contributed by atoms with Crippen molar-refractivity contribution in [3.63, 3.8) is 0 Å². The Bertz CT molecular complexity index is 393. The Morgan fingerprint density at radius 1 is 1.17 bits per heavy atom. The van der Waals surface area contributed by atoms with Crippen LogP contribution in [0, 0.1) is 0 Å². The summed E-state index contributed by atoms with van der Waals surface area (Å²) in [6, 6.07) is 9.63. The molecule has 1 aromatic carbocycles. The molecule has 3 rings (SSSR count). The van der Waals surface area contributed by atoms with Crippen molar-refractivity contribution >= 4 is 15.9 Å². The standard InChI is InChI=1S/C15H20BrNO/c16-13-3-1-12(2-4-13)15(7-9-18-10-8-15)11-17-14-5-6-14/h1-4,14,17H,5-11H2. The second-order valence-corrected chi connectivity index (χ2v) is 6.47. The predicted molar refractivity (Wildman–Crippen MR) is 76.9 cm³/mol. The largest absolute Gasteiger partial charge is 0.381 e. The highest BCUT2D eigenvalue weighted by Crippen LogP contribution is 2.35. The molecule has 3 heteroatoms. The molecular formula is C15H20BrNO. The molecule has 1 N–H and O–H groups in total. The minimum Gasteiger partial charge on any atom is -0.381 e. The molecule has 2 nitrogen and oxygen atoms in total. The molecule has 1 aliphatic carbocycles. The number of rotatable bonds is 4. The van der Waals surface area contributed by atoms with E-state index in [0.717, 1.165) is 43.1 Å². The molecule has 0 spiro atoms. The van der Waals surface area contributed by atoms with Gasteiger partial charge in [-0.15, -0.1) is 0 Å². The van der Waals surface area contributed by atoms with Crippen LogP contribution in [0.2, 0.25) is 0 Å². The lowest BCUT2D eigenvalue weighted by atomic mass is 9.74. The highest BCUT2D eigenvalue weighted by molar-refractivity contribution is 9.10. The summed E-state index contributed by atoms with van der Waals surface area (Å²) in [5, 5.41) is 3.71. The van der Waals surface area contributed by atoms with E-state index in [1.165, 1.54) is 18.4 Å². The highest BCUT2D eigenvalue weighted by atomic mass is 79.9. The second-order valence-electron chi connectivity index (χ2n) is 5.55. The monoisotopic (exact) mass is 309 g/mol. The van der Waals surface area contributed by atoms with Crippen molar-refractivity contribution in [1.82, 2.24) is 5.32 Å². The summed E-state index contributed by atoms with van der Waals surface area (Å²) in [6.45, 7) is 2.88. The topological polar surface area (TPSA) is 21.3 Å². The van der Waals surface area contributed by atoms with Crippen LogP contribution in [0.4, 0.5) is 0 Å². The first kappa shape index (κ1) is 12.6. The fourth-order valence-electron chi connectivity index (χ4n) is 2.76. The van der Waals surface area contributed by atoms with Gasteiger partial charge in [-0.05, 0) is 43.4 Å². The van der Waals surface area contributed by atoms with Gasteiger partial charge in [-0.25, -0.2) is 0 Å². The van der Waals surface area contributed by atoms with E-state index in [0.29, 0.717) is 0 Å². The molecule has 0 bridgehead atoms. The van der Waals surface area contributed by atoms with Crippen molar-refractivity contribution in [2.75, 3.05) is 19.8 Å². The Morgan fingerprint density at radius 3 is 2.44 bits per heavy atom. The van der Waals surface area contributed by atoms with Gasteiger partial charge in [-0.1, -0.05) is 28.1 Å². The van der Waals surface area contributed by atoms with Gasteiger partial charge in [0.05, 0.1) is 0 Å². The van der Waals surface area contributed by atoms with E-state index >= 15 is 0 Å². The quantitative estimate of drug-likeness (QED) is 0.922. The molecule has 1 saturated heterocycles. The van der Waals surface area contributed by atoms with Crippen LogP contribution in [0.15, 0.2) is 28.7 Å². The van der Waals surface area contributed by atoms with Gasteiger partial charge in [0.1, 0.15) is 0 Å². The van der Waals surface area contributed by atoms with Crippen LogP contribution in [-0.2, 0) is 10.2 Å². The molecule has 0 aromatic heterocycles. The van der Waals surface area contributed by atoms with Crippen molar-refractivity contribution in [3.8, 4) is 0 Å². The van der Waals surface area contributed by atoms with E-state index in [1.54, 1.807) is 0 Å². The Morgan fingerprint density at radius 2 is 1.83 bits per heavy atom. The Balaban J connectivity index is 1.80. The lowest BCUT2D eigenvalue weighted by Crippen LogP contribution is -2.43. The van der Waals surface area contributed by atoms with Crippen LogP contribution in [0.5, 0.6) is 0 Å². The molecule has 0 atom stereocenters. The molecule has 1 aromatic rings. The normalized spacial score (nSPS) is 22.9. The van der Waals surface area contributed by atoms with Crippen molar-refractivity contribution in [2.24, 2.45) is 0 Å². The van der Waals surface area contributed by atoms with Gasteiger partial charge in [0.15, 0.2) is 0 Å². The molecule has 2 aliphatic rings. The van der Waals surface area contributed by atoms with Crippen LogP contribution < -0.4 is 5.32 Å². The van der Waals surface area contributed by atoms with E-state index in [2.05, 4.69) is 45.5 Å². The van der Waals surface area contributed by atoms with Gasteiger partial charge < -0.3 is 10.1 Å². The van der Waals surface area contributed by atoms with Gasteiger partial charge in [0, 0.05) is 35.7 Å². The molecular weight excluding hydrogens is 290 g/mol. The number of nitrogens with one attached hydrogen (secondary N) is 1. The molecule has 0 unspecified atom stereocenters. The highest BCUT2D eigenvalue weighted by Gasteiger charge is 2.35. The molecule has 0 amide bonds. The molecule has 18 heavy (non-hydrogen) atoms. The zero-order valence-electron chi connectivity index (χ0n) is 10.6. The van der Waals surface area contributed by atoms with Gasteiger partial charge in [0.25, 0.3) is 0 Å². The smallest absolute Gasteiger partial charge is 0.0475 e. The van der Waals surface area contributed by atoms with Crippen LogP contribution in [0.1, 0.15) is 31.2 Å². The summed E-state index contributed by atoms with van der Waals surface area (Å²) in [7, 11) is 0. The first-order valence-corrected chi connectivity index (χ1v) is 7.65. The Labute approximate surface area is 117 Å². The van der Waals surface area contributed by atoms with Gasteiger partial charge in [-0.2, -0.15) is 0 Å². The SMILES string of the molecule is Brc1ccc(C2(CNC3CC3)CCOCC2)cc1. The third kappa shape index (κ3) is 2.79. The molecule has 0 radical (unpaired) electrons. The van der Waals surface area contributed by atoms with E-state index < -0.39 is 0 Å². The molecule has 1 aliphatic heterocycles. The molecule has 1 saturated carbocycles. The van der Waals surface area contributed by atoms with E-state index in [9.17, 15) is 0 Å². The van der Waals surface area contributed by atoms with Crippen molar-refractivity contribution in [2.45, 2.75) is 37.1 Å². The van der Waals surface area contributed by atoms with E-state index in [4.69, 9.17) is 4.74 Å². The lowest BCUT2D eigenvalue weighted by Gasteiger charge is -2.38. The minimum atomic E-state index is 0.279. The van der Waals surface area contributed by atoms with Crippen LogP contribution in [0.3, 0.4) is 0 Å². The van der Waals surface area contributed by atoms with Gasteiger partial charge >= 0.3 is 0 Å². The average molecular weight is 310 g/mol. The fraction of sp³-hybridized carbons (Fsp3) is 0.600. The molecule has 2 fully saturated rings. The predicted octanol–water partition coefficient (Wildman–Crippen LogP) is 3.25. The van der Waals surface area contributed by atoms with Gasteiger partial charge in [-0.3, -0.25) is 0 Å². The van der Waals surface area contributed by atoms with E-state index in [1.807, 2.05) is 0 Å². The average Bonchev–Trinajstić information content (AvgIpc) is 3.22. The minimum absolute atomic E-state index is 0.279. The summed E-state index contributed by atoms with van der Waals surface area (Å²) in [5.41, 5.74) is 1.74. The first-order valence-electron chi connectivity index (χ1n) is 6.86. The third-order valence-corrected chi connectivity index (χ3v) is 4.74. The number of hydrogen-bond acceptors (Lipinski definition) is 2. The summed E-state index contributed by atoms with van der Waals surface area (Å²) in [5.74, 6) is 0. The maximum atomic E-state index is 5.56. The van der Waals surface area contributed by atoms with Crippen LogP contribution in [-0.4, -0.2) is 25.8 Å². The summed E-state index contributed by atoms with van der Waals surface area (Å²) >= 11 is 3.52. The van der Waals surface area contributed by atoms with E-state index in [-0.39, 0.29) is 5.41 Å². The van der Waals surface area contributed by atoms with Crippen LogP contribution >= 0.6 is 15.9 Å². The maximum Gasteiger partial charge on any atom is 0.0475 e. The number of ether oxygens (including phenoxy) is 1. The summed E-state index contributed by atoms with van der Waals surface area (Å²) < 4.78 is 6.71. The lowest BCUT2D eigenvalue weighted by molar-refractivity contribution is 0.0497. The molecule has 1 heterocycles. The number of benzene rings is 1. The van der Waals surface area contributed by atoms with Gasteiger partial charge in [0.2, 0.25) is 0 Å². The summed E-state index contributed by atoms with van der Waals surface area (Å²) in [4.78, 5) is 0. The maximum absolute atomic E-state index is 5.56.